The van der Waals surface area contributed by atoms with Crippen molar-refractivity contribution in [3.63, 3.8) is 0 Å². The number of aromatic nitrogens is 2. The summed E-state index contributed by atoms with van der Waals surface area (Å²) in [5.41, 5.74) is 5.38. The van der Waals surface area contributed by atoms with Gasteiger partial charge in [0.1, 0.15) is 0 Å². The highest BCUT2D eigenvalue weighted by Gasteiger charge is 2.05. The summed E-state index contributed by atoms with van der Waals surface area (Å²) in [6.07, 6.45) is 0. The monoisotopic (exact) mass is 188 g/mol. The highest BCUT2D eigenvalue weighted by molar-refractivity contribution is 7.09. The number of methoxy groups -OCH3 is 1. The summed E-state index contributed by atoms with van der Waals surface area (Å²) in [4.78, 5) is 5.97. The molecule has 0 saturated heterocycles. The standard InChI is InChI=1S/C6H12N4OS/c1-10(3-4-11-2)6-8-5(7)9-12-6/h3-4H2,1-2H3,(H2,7,9). The Morgan fingerprint density at radius 2 is 2.42 bits per heavy atom. The van der Waals surface area contributed by atoms with Crippen LogP contribution in [-0.4, -0.2) is 36.7 Å². The molecule has 0 aliphatic rings. The molecule has 0 saturated carbocycles. The minimum Gasteiger partial charge on any atom is -0.383 e. The topological polar surface area (TPSA) is 64.3 Å². The van der Waals surface area contributed by atoms with Crippen molar-refractivity contribution in [2.75, 3.05) is 37.9 Å². The van der Waals surface area contributed by atoms with Gasteiger partial charge in [-0.15, -0.1) is 0 Å². The van der Waals surface area contributed by atoms with Crippen molar-refractivity contribution in [1.82, 2.24) is 9.36 Å². The van der Waals surface area contributed by atoms with Crippen LogP contribution in [0.4, 0.5) is 11.1 Å². The summed E-state index contributed by atoms with van der Waals surface area (Å²) in [7, 11) is 3.60. The highest BCUT2D eigenvalue weighted by Crippen LogP contribution is 2.15. The first-order valence-electron chi connectivity index (χ1n) is 3.53. The minimum atomic E-state index is 0.333. The zero-order valence-electron chi connectivity index (χ0n) is 7.15. The van der Waals surface area contributed by atoms with Gasteiger partial charge in [-0.1, -0.05) is 0 Å². The predicted molar refractivity (Wildman–Crippen MR) is 49.5 cm³/mol. The van der Waals surface area contributed by atoms with Crippen molar-refractivity contribution in [2.24, 2.45) is 0 Å². The zero-order chi connectivity index (χ0) is 8.97. The van der Waals surface area contributed by atoms with Gasteiger partial charge in [-0.3, -0.25) is 0 Å². The van der Waals surface area contributed by atoms with Gasteiger partial charge in [-0.25, -0.2) is 0 Å². The Balaban J connectivity index is 2.47. The van der Waals surface area contributed by atoms with E-state index in [0.717, 1.165) is 11.7 Å². The molecular weight excluding hydrogens is 176 g/mol. The lowest BCUT2D eigenvalue weighted by molar-refractivity contribution is 0.206. The lowest BCUT2D eigenvalue weighted by atomic mass is 10.6. The third kappa shape index (κ3) is 2.31. The highest BCUT2D eigenvalue weighted by atomic mass is 32.1. The average molecular weight is 188 g/mol. The second-order valence-corrected chi connectivity index (χ2v) is 3.08. The molecule has 0 aromatic carbocycles. The summed E-state index contributed by atoms with van der Waals surface area (Å²) < 4.78 is 8.80. The van der Waals surface area contributed by atoms with Gasteiger partial charge in [0.2, 0.25) is 11.1 Å². The van der Waals surface area contributed by atoms with Crippen molar-refractivity contribution in [1.29, 1.82) is 0 Å². The fourth-order valence-electron chi connectivity index (χ4n) is 0.705. The number of rotatable bonds is 4. The van der Waals surface area contributed by atoms with Gasteiger partial charge in [-0.2, -0.15) is 9.36 Å². The quantitative estimate of drug-likeness (QED) is 0.731. The van der Waals surface area contributed by atoms with Crippen LogP contribution in [0.3, 0.4) is 0 Å². The van der Waals surface area contributed by atoms with E-state index in [-0.39, 0.29) is 0 Å². The molecule has 6 heteroatoms. The number of nitrogen functional groups attached to an aromatic ring is 1. The van der Waals surface area contributed by atoms with Crippen molar-refractivity contribution in [2.45, 2.75) is 0 Å². The Hall–Kier alpha value is -0.880. The van der Waals surface area contributed by atoms with E-state index in [4.69, 9.17) is 10.5 Å². The largest absolute Gasteiger partial charge is 0.383 e. The number of likely N-dealkylation sites (N-methyl/N-ethyl adjacent to an activating group) is 1. The molecule has 0 amide bonds. The van der Waals surface area contributed by atoms with Crippen LogP contribution in [0.1, 0.15) is 0 Å². The fraction of sp³-hybridized carbons (Fsp3) is 0.667. The Labute approximate surface area is 75.3 Å². The van der Waals surface area contributed by atoms with Crippen molar-refractivity contribution in [3.05, 3.63) is 0 Å². The third-order valence-corrected chi connectivity index (χ3v) is 2.23. The maximum absolute atomic E-state index is 5.38. The summed E-state index contributed by atoms with van der Waals surface area (Å²) >= 11 is 1.29. The molecular formula is C6H12N4OS. The normalized spacial score (nSPS) is 10.2. The van der Waals surface area contributed by atoms with Crippen LogP contribution >= 0.6 is 11.5 Å². The van der Waals surface area contributed by atoms with Gasteiger partial charge < -0.3 is 15.4 Å². The molecule has 5 nitrogen and oxygen atoms in total. The number of nitrogens with two attached hydrogens (primary N) is 1. The van der Waals surface area contributed by atoms with Crippen LogP contribution in [0.15, 0.2) is 0 Å². The Kier molecular flexibility index (Phi) is 3.24. The summed E-state index contributed by atoms with van der Waals surface area (Å²) in [6.45, 7) is 1.47. The smallest absolute Gasteiger partial charge is 0.233 e. The molecule has 2 N–H and O–H groups in total. The van der Waals surface area contributed by atoms with Crippen molar-refractivity contribution >= 4 is 22.6 Å². The Bertz CT molecular complexity index is 239. The van der Waals surface area contributed by atoms with Crippen LogP contribution in [-0.2, 0) is 4.74 Å². The Morgan fingerprint density at radius 3 is 2.92 bits per heavy atom. The van der Waals surface area contributed by atoms with Gasteiger partial charge >= 0.3 is 0 Å². The van der Waals surface area contributed by atoms with Gasteiger partial charge in [0.25, 0.3) is 0 Å². The minimum absolute atomic E-state index is 0.333. The predicted octanol–water partition coefficient (Wildman–Crippen LogP) is 0.203. The van der Waals surface area contributed by atoms with Gasteiger partial charge in [-0.05, 0) is 0 Å². The number of nitrogens with zero attached hydrogens (tertiary/aromatic N) is 3. The molecule has 0 aliphatic carbocycles. The van der Waals surface area contributed by atoms with Crippen LogP contribution in [0, 0.1) is 0 Å². The maximum atomic E-state index is 5.38. The van der Waals surface area contributed by atoms with E-state index < -0.39 is 0 Å². The van der Waals surface area contributed by atoms with E-state index in [1.807, 2.05) is 11.9 Å². The molecule has 1 aromatic heterocycles. The first-order chi connectivity index (χ1) is 5.74. The molecule has 68 valence electrons. The van der Waals surface area contributed by atoms with E-state index in [0.29, 0.717) is 12.6 Å². The molecule has 1 heterocycles. The molecule has 0 bridgehead atoms. The number of anilines is 2. The number of hydrogen-bond donors (Lipinski definition) is 1. The average Bonchev–Trinajstić information content (AvgIpc) is 2.47. The number of hydrogen-bond acceptors (Lipinski definition) is 6. The van der Waals surface area contributed by atoms with Gasteiger partial charge in [0.05, 0.1) is 6.61 Å². The molecule has 0 atom stereocenters. The molecule has 1 aromatic rings. The fourth-order valence-corrected chi connectivity index (χ4v) is 1.29. The van der Waals surface area contributed by atoms with E-state index in [1.54, 1.807) is 7.11 Å². The van der Waals surface area contributed by atoms with Crippen LogP contribution in [0.2, 0.25) is 0 Å². The summed E-state index contributed by atoms with van der Waals surface area (Å²) in [5, 5.41) is 0.824. The van der Waals surface area contributed by atoms with E-state index >= 15 is 0 Å². The first kappa shape index (κ1) is 9.21. The summed E-state index contributed by atoms with van der Waals surface area (Å²) in [5.74, 6) is 0.333. The SMILES string of the molecule is COCCN(C)c1nc(N)ns1. The van der Waals surface area contributed by atoms with E-state index in [1.165, 1.54) is 11.5 Å². The second-order valence-electron chi connectivity index (χ2n) is 2.35. The molecule has 0 spiro atoms. The van der Waals surface area contributed by atoms with Crippen molar-refractivity contribution < 1.29 is 4.74 Å². The zero-order valence-corrected chi connectivity index (χ0v) is 7.97. The lowest BCUT2D eigenvalue weighted by Gasteiger charge is -2.13. The second kappa shape index (κ2) is 4.22. The maximum Gasteiger partial charge on any atom is 0.233 e. The molecule has 0 radical (unpaired) electrons. The van der Waals surface area contributed by atoms with Crippen molar-refractivity contribution in [3.8, 4) is 0 Å². The molecule has 0 unspecified atom stereocenters. The molecule has 0 fully saturated rings. The number of ether oxygens (including phenoxy) is 1. The van der Waals surface area contributed by atoms with E-state index in [9.17, 15) is 0 Å². The van der Waals surface area contributed by atoms with Crippen LogP contribution in [0.25, 0.3) is 0 Å². The molecule has 0 aliphatic heterocycles. The van der Waals surface area contributed by atoms with Gasteiger partial charge in [0, 0.05) is 32.2 Å². The molecule has 12 heavy (non-hydrogen) atoms. The van der Waals surface area contributed by atoms with Crippen LogP contribution < -0.4 is 10.6 Å². The molecule has 1 rings (SSSR count). The van der Waals surface area contributed by atoms with Gasteiger partial charge in [0.15, 0.2) is 0 Å². The Morgan fingerprint density at radius 1 is 1.67 bits per heavy atom. The first-order valence-corrected chi connectivity index (χ1v) is 4.30. The van der Waals surface area contributed by atoms with Crippen LogP contribution in [0.5, 0.6) is 0 Å². The summed E-state index contributed by atoms with van der Waals surface area (Å²) in [6, 6.07) is 0. The third-order valence-electron chi connectivity index (χ3n) is 1.39. The lowest BCUT2D eigenvalue weighted by Crippen LogP contribution is -2.21. The van der Waals surface area contributed by atoms with E-state index in [2.05, 4.69) is 9.36 Å².